The van der Waals surface area contributed by atoms with Crippen LogP contribution < -0.4 is 11.1 Å². The van der Waals surface area contributed by atoms with E-state index in [-0.39, 0.29) is 0 Å². The van der Waals surface area contributed by atoms with Crippen LogP contribution in [0.1, 0.15) is 25.7 Å². The summed E-state index contributed by atoms with van der Waals surface area (Å²) in [5, 5.41) is 3.19. The summed E-state index contributed by atoms with van der Waals surface area (Å²) in [7, 11) is 0. The Labute approximate surface area is 100 Å². The Bertz CT molecular complexity index is 353. The first-order chi connectivity index (χ1) is 8.17. The molecule has 1 fully saturated rings. The van der Waals surface area contributed by atoms with Gasteiger partial charge in [-0.15, -0.1) is 0 Å². The van der Waals surface area contributed by atoms with Crippen LogP contribution in [0, 0.1) is 17.6 Å². The molecule has 0 unspecified atom stereocenters. The highest BCUT2D eigenvalue weighted by Crippen LogP contribution is 2.26. The molecule has 4 heteroatoms. The Morgan fingerprint density at radius 2 is 1.65 bits per heavy atom. The summed E-state index contributed by atoms with van der Waals surface area (Å²) in [6.07, 6.45) is 4.21. The molecule has 0 atom stereocenters. The van der Waals surface area contributed by atoms with Crippen molar-refractivity contribution < 1.29 is 8.78 Å². The normalized spacial score (nSPS) is 24.6. The van der Waals surface area contributed by atoms with Crippen molar-refractivity contribution in [2.45, 2.75) is 31.7 Å². The molecule has 2 nitrogen and oxygen atoms in total. The van der Waals surface area contributed by atoms with Gasteiger partial charge in [0.15, 0.2) is 0 Å². The molecule has 0 aliphatic heterocycles. The van der Waals surface area contributed by atoms with E-state index in [0.717, 1.165) is 38.3 Å². The van der Waals surface area contributed by atoms with Crippen molar-refractivity contribution in [2.75, 3.05) is 11.9 Å². The summed E-state index contributed by atoms with van der Waals surface area (Å²) in [5.74, 6) is -0.469. The molecule has 94 valence electrons. The average Bonchev–Trinajstić information content (AvgIpc) is 2.28. The fraction of sp³-hybridized carbons (Fsp3) is 0.538. The van der Waals surface area contributed by atoms with Gasteiger partial charge in [-0.25, -0.2) is 8.78 Å². The molecule has 0 amide bonds. The van der Waals surface area contributed by atoms with E-state index >= 15 is 0 Å². The number of rotatable bonds is 3. The van der Waals surface area contributed by atoms with Crippen LogP contribution in [-0.2, 0) is 0 Å². The summed E-state index contributed by atoms with van der Waals surface area (Å²) < 4.78 is 26.0. The molecular weight excluding hydrogens is 222 g/mol. The van der Waals surface area contributed by atoms with Gasteiger partial charge in [0.1, 0.15) is 11.6 Å². The maximum absolute atomic E-state index is 13.0. The molecule has 1 aliphatic carbocycles. The SMILES string of the molecule is NCC1CCC(Nc2cc(F)cc(F)c2)CC1. The molecule has 1 saturated carbocycles. The van der Waals surface area contributed by atoms with Crippen LogP contribution in [0.2, 0.25) is 0 Å². The quantitative estimate of drug-likeness (QED) is 0.852. The van der Waals surface area contributed by atoms with Crippen molar-refractivity contribution >= 4 is 5.69 Å². The molecule has 17 heavy (non-hydrogen) atoms. The Kier molecular flexibility index (Phi) is 3.94. The second-order valence-electron chi connectivity index (χ2n) is 4.76. The number of nitrogens with one attached hydrogen (secondary N) is 1. The molecule has 3 N–H and O–H groups in total. The van der Waals surface area contributed by atoms with Gasteiger partial charge in [-0.3, -0.25) is 0 Å². The standard InChI is InChI=1S/C13H18F2N2/c14-10-5-11(15)7-13(6-10)17-12-3-1-9(8-16)2-4-12/h5-7,9,12,17H,1-4,8,16H2. The first kappa shape index (κ1) is 12.3. The summed E-state index contributed by atoms with van der Waals surface area (Å²) in [4.78, 5) is 0. The maximum Gasteiger partial charge on any atom is 0.128 e. The predicted molar refractivity (Wildman–Crippen MR) is 64.8 cm³/mol. The molecule has 1 aromatic carbocycles. The van der Waals surface area contributed by atoms with E-state index in [9.17, 15) is 8.78 Å². The van der Waals surface area contributed by atoms with Gasteiger partial charge in [0.2, 0.25) is 0 Å². The van der Waals surface area contributed by atoms with Crippen molar-refractivity contribution in [3.63, 3.8) is 0 Å². The first-order valence-corrected chi connectivity index (χ1v) is 6.10. The lowest BCUT2D eigenvalue weighted by atomic mass is 9.86. The second-order valence-corrected chi connectivity index (χ2v) is 4.76. The fourth-order valence-electron chi connectivity index (χ4n) is 2.42. The van der Waals surface area contributed by atoms with Crippen LogP contribution in [0.4, 0.5) is 14.5 Å². The van der Waals surface area contributed by atoms with Gasteiger partial charge in [-0.1, -0.05) is 0 Å². The molecule has 1 aromatic rings. The van der Waals surface area contributed by atoms with Crippen LogP contribution in [0.25, 0.3) is 0 Å². The molecule has 0 bridgehead atoms. The topological polar surface area (TPSA) is 38.0 Å². The van der Waals surface area contributed by atoms with E-state index in [0.29, 0.717) is 17.6 Å². The number of anilines is 1. The molecule has 0 aromatic heterocycles. The Balaban J connectivity index is 1.93. The number of benzene rings is 1. The summed E-state index contributed by atoms with van der Waals surface area (Å²) in [5.41, 5.74) is 6.15. The maximum atomic E-state index is 13.0. The largest absolute Gasteiger partial charge is 0.382 e. The zero-order chi connectivity index (χ0) is 12.3. The third-order valence-corrected chi connectivity index (χ3v) is 3.41. The van der Waals surface area contributed by atoms with Crippen LogP contribution in [0.3, 0.4) is 0 Å². The summed E-state index contributed by atoms with van der Waals surface area (Å²) in [6.45, 7) is 0.737. The zero-order valence-electron chi connectivity index (χ0n) is 9.76. The molecule has 2 rings (SSSR count). The van der Waals surface area contributed by atoms with Gasteiger partial charge in [0.05, 0.1) is 0 Å². The smallest absolute Gasteiger partial charge is 0.128 e. The molecule has 0 saturated heterocycles. The predicted octanol–water partition coefficient (Wildman–Crippen LogP) is 2.89. The van der Waals surface area contributed by atoms with E-state index < -0.39 is 11.6 Å². The van der Waals surface area contributed by atoms with Crippen molar-refractivity contribution in [1.29, 1.82) is 0 Å². The third-order valence-electron chi connectivity index (χ3n) is 3.41. The minimum Gasteiger partial charge on any atom is -0.382 e. The highest BCUT2D eigenvalue weighted by molar-refractivity contribution is 5.44. The number of hydrogen-bond acceptors (Lipinski definition) is 2. The zero-order valence-corrected chi connectivity index (χ0v) is 9.76. The third kappa shape index (κ3) is 3.40. The van der Waals surface area contributed by atoms with Gasteiger partial charge in [0, 0.05) is 17.8 Å². The van der Waals surface area contributed by atoms with E-state index in [1.54, 1.807) is 0 Å². The molecule has 0 radical (unpaired) electrons. The van der Waals surface area contributed by atoms with E-state index in [4.69, 9.17) is 5.73 Å². The van der Waals surface area contributed by atoms with Crippen molar-refractivity contribution in [3.8, 4) is 0 Å². The van der Waals surface area contributed by atoms with E-state index in [2.05, 4.69) is 5.32 Å². The van der Waals surface area contributed by atoms with Crippen LogP contribution >= 0.6 is 0 Å². The minimum atomic E-state index is -0.539. The van der Waals surface area contributed by atoms with Gasteiger partial charge >= 0.3 is 0 Å². The molecule has 0 heterocycles. The van der Waals surface area contributed by atoms with Gasteiger partial charge in [0.25, 0.3) is 0 Å². The lowest BCUT2D eigenvalue weighted by molar-refractivity contribution is 0.345. The Hall–Kier alpha value is -1.16. The van der Waals surface area contributed by atoms with Crippen LogP contribution in [-0.4, -0.2) is 12.6 Å². The molecule has 1 aliphatic rings. The van der Waals surface area contributed by atoms with E-state index in [1.807, 2.05) is 0 Å². The van der Waals surface area contributed by atoms with Gasteiger partial charge < -0.3 is 11.1 Å². The van der Waals surface area contributed by atoms with E-state index in [1.165, 1.54) is 12.1 Å². The van der Waals surface area contributed by atoms with Crippen molar-refractivity contribution in [2.24, 2.45) is 11.7 Å². The highest BCUT2D eigenvalue weighted by atomic mass is 19.1. The number of hydrogen-bond donors (Lipinski definition) is 2. The fourth-order valence-corrected chi connectivity index (χ4v) is 2.42. The van der Waals surface area contributed by atoms with Gasteiger partial charge in [-0.2, -0.15) is 0 Å². The van der Waals surface area contributed by atoms with Crippen molar-refractivity contribution in [3.05, 3.63) is 29.8 Å². The average molecular weight is 240 g/mol. The minimum absolute atomic E-state index is 0.305. The summed E-state index contributed by atoms with van der Waals surface area (Å²) in [6, 6.07) is 3.85. The van der Waals surface area contributed by atoms with Crippen LogP contribution in [0.15, 0.2) is 18.2 Å². The second kappa shape index (κ2) is 5.45. The van der Waals surface area contributed by atoms with Crippen LogP contribution in [0.5, 0.6) is 0 Å². The van der Waals surface area contributed by atoms with Crippen molar-refractivity contribution in [1.82, 2.24) is 0 Å². The summed E-state index contributed by atoms with van der Waals surface area (Å²) >= 11 is 0. The molecule has 0 spiro atoms. The Morgan fingerprint density at radius 1 is 1.06 bits per heavy atom. The molecular formula is C13H18F2N2. The number of nitrogens with two attached hydrogens (primary N) is 1. The Morgan fingerprint density at radius 3 is 2.18 bits per heavy atom. The number of halogens is 2. The first-order valence-electron chi connectivity index (χ1n) is 6.10. The highest BCUT2D eigenvalue weighted by Gasteiger charge is 2.20. The lowest BCUT2D eigenvalue weighted by Crippen LogP contribution is -2.29. The lowest BCUT2D eigenvalue weighted by Gasteiger charge is -2.29. The van der Waals surface area contributed by atoms with Gasteiger partial charge in [-0.05, 0) is 50.3 Å². The monoisotopic (exact) mass is 240 g/mol.